The quantitative estimate of drug-likeness (QED) is 0.220. The maximum Gasteiger partial charge on any atom is 0.0463 e. The van der Waals surface area contributed by atoms with Crippen molar-refractivity contribution in [1.82, 2.24) is 0 Å². The molecule has 0 radical (unpaired) electrons. The van der Waals surface area contributed by atoms with Crippen LogP contribution in [-0.2, 0) is 5.41 Å². The third-order valence-corrected chi connectivity index (χ3v) is 9.29. The fourth-order valence-corrected chi connectivity index (χ4v) is 6.93. The highest BCUT2D eigenvalue weighted by Crippen LogP contribution is 2.51. The van der Waals surface area contributed by atoms with Crippen LogP contribution < -0.4 is 5.32 Å². The molecule has 0 saturated heterocycles. The van der Waals surface area contributed by atoms with Crippen LogP contribution in [0.1, 0.15) is 25.0 Å². The second-order valence-electron chi connectivity index (χ2n) is 12.3. The zero-order valence-corrected chi connectivity index (χ0v) is 25.0. The standard InChI is InChI=1S/C43H33N/c1-43(2)40-27-33(36-17-10-14-31-13-6-7-15-35(31)36)23-25-38(40)39-26-24-34(28-41(39)43)44-42-18-9-8-16-37(42)32-21-19-30(20-22-32)29-11-4-3-5-12-29/h3-28,44H,1-2H3. The van der Waals surface area contributed by atoms with E-state index in [9.17, 15) is 0 Å². The van der Waals surface area contributed by atoms with Gasteiger partial charge >= 0.3 is 0 Å². The summed E-state index contributed by atoms with van der Waals surface area (Å²) in [5.74, 6) is 0. The molecule has 0 aliphatic heterocycles. The van der Waals surface area contributed by atoms with Crippen LogP contribution in [-0.4, -0.2) is 0 Å². The number of hydrogen-bond acceptors (Lipinski definition) is 1. The Hall–Kier alpha value is -5.40. The molecule has 7 aromatic carbocycles. The van der Waals surface area contributed by atoms with Crippen LogP contribution in [0.2, 0.25) is 0 Å². The van der Waals surface area contributed by atoms with Gasteiger partial charge in [0.15, 0.2) is 0 Å². The second-order valence-corrected chi connectivity index (χ2v) is 12.3. The van der Waals surface area contributed by atoms with Gasteiger partial charge in [0.1, 0.15) is 0 Å². The zero-order chi connectivity index (χ0) is 29.7. The van der Waals surface area contributed by atoms with Crippen LogP contribution in [0.5, 0.6) is 0 Å². The third kappa shape index (κ3) is 4.41. The van der Waals surface area contributed by atoms with Gasteiger partial charge in [0.2, 0.25) is 0 Å². The van der Waals surface area contributed by atoms with Crippen molar-refractivity contribution >= 4 is 22.1 Å². The monoisotopic (exact) mass is 563 g/mol. The molecule has 1 aliphatic carbocycles. The number of hydrogen-bond donors (Lipinski definition) is 1. The largest absolute Gasteiger partial charge is 0.355 e. The Morgan fingerprint density at radius 1 is 0.409 bits per heavy atom. The number of fused-ring (bicyclic) bond motifs is 4. The normalized spacial score (nSPS) is 13.0. The van der Waals surface area contributed by atoms with E-state index in [0.717, 1.165) is 11.4 Å². The molecule has 8 rings (SSSR count). The minimum atomic E-state index is -0.115. The van der Waals surface area contributed by atoms with Gasteiger partial charge in [-0.15, -0.1) is 0 Å². The van der Waals surface area contributed by atoms with Crippen molar-refractivity contribution in [2.45, 2.75) is 19.3 Å². The van der Waals surface area contributed by atoms with E-state index in [1.54, 1.807) is 0 Å². The fraction of sp³-hybridized carbons (Fsp3) is 0.0698. The molecule has 0 spiro atoms. The average molecular weight is 564 g/mol. The van der Waals surface area contributed by atoms with E-state index in [4.69, 9.17) is 0 Å². The van der Waals surface area contributed by atoms with Gasteiger partial charge in [-0.05, 0) is 85.1 Å². The minimum absolute atomic E-state index is 0.115. The predicted octanol–water partition coefficient (Wildman–Crippen LogP) is 11.9. The first kappa shape index (κ1) is 26.2. The van der Waals surface area contributed by atoms with Crippen molar-refractivity contribution in [3.05, 3.63) is 169 Å². The molecule has 0 unspecified atom stereocenters. The molecule has 0 atom stereocenters. The van der Waals surface area contributed by atoms with E-state index in [-0.39, 0.29) is 5.41 Å². The van der Waals surface area contributed by atoms with E-state index < -0.39 is 0 Å². The Bertz CT molecular complexity index is 2150. The van der Waals surface area contributed by atoms with Gasteiger partial charge in [-0.1, -0.05) is 147 Å². The maximum atomic E-state index is 3.77. The van der Waals surface area contributed by atoms with Gasteiger partial charge < -0.3 is 5.32 Å². The maximum absolute atomic E-state index is 3.77. The van der Waals surface area contributed by atoms with Crippen molar-refractivity contribution in [2.75, 3.05) is 5.32 Å². The summed E-state index contributed by atoms with van der Waals surface area (Å²) in [6, 6.07) is 57.1. The zero-order valence-electron chi connectivity index (χ0n) is 25.0. The van der Waals surface area contributed by atoms with Crippen LogP contribution in [0.4, 0.5) is 11.4 Å². The SMILES string of the molecule is CC1(C)c2cc(Nc3ccccc3-c3ccc(-c4ccccc4)cc3)ccc2-c2ccc(-c3cccc4ccccc34)cc21. The molecule has 1 nitrogen and oxygen atoms in total. The summed E-state index contributed by atoms with van der Waals surface area (Å²) < 4.78 is 0. The van der Waals surface area contributed by atoms with Crippen molar-refractivity contribution in [1.29, 1.82) is 0 Å². The molecular formula is C43H33N. The third-order valence-electron chi connectivity index (χ3n) is 9.29. The lowest BCUT2D eigenvalue weighted by molar-refractivity contribution is 0.661. The molecule has 0 fully saturated rings. The Kier molecular flexibility index (Phi) is 6.20. The lowest BCUT2D eigenvalue weighted by atomic mass is 9.81. The van der Waals surface area contributed by atoms with Crippen molar-refractivity contribution in [3.63, 3.8) is 0 Å². The summed E-state index contributed by atoms with van der Waals surface area (Å²) >= 11 is 0. The highest BCUT2D eigenvalue weighted by molar-refractivity contribution is 5.98. The van der Waals surface area contributed by atoms with Crippen LogP contribution in [0.15, 0.2) is 158 Å². The molecule has 7 aromatic rings. The van der Waals surface area contributed by atoms with Crippen molar-refractivity contribution in [2.24, 2.45) is 0 Å². The molecule has 1 aliphatic rings. The lowest BCUT2D eigenvalue weighted by Crippen LogP contribution is -2.15. The first-order valence-corrected chi connectivity index (χ1v) is 15.4. The first-order chi connectivity index (χ1) is 21.6. The molecule has 44 heavy (non-hydrogen) atoms. The Labute approximate surface area is 259 Å². The van der Waals surface area contributed by atoms with Gasteiger partial charge in [-0.25, -0.2) is 0 Å². The number of rotatable bonds is 5. The Morgan fingerprint density at radius 2 is 1.00 bits per heavy atom. The van der Waals surface area contributed by atoms with Gasteiger partial charge in [-0.2, -0.15) is 0 Å². The summed E-state index contributed by atoms with van der Waals surface area (Å²) in [6.07, 6.45) is 0. The molecule has 1 heteroatoms. The molecule has 1 N–H and O–H groups in total. The summed E-state index contributed by atoms with van der Waals surface area (Å²) in [5.41, 5.74) is 14.9. The summed E-state index contributed by atoms with van der Waals surface area (Å²) in [7, 11) is 0. The van der Waals surface area contributed by atoms with E-state index in [2.05, 4.69) is 177 Å². The van der Waals surface area contributed by atoms with Gasteiger partial charge in [0.25, 0.3) is 0 Å². The number of anilines is 2. The highest BCUT2D eigenvalue weighted by atomic mass is 14.9. The van der Waals surface area contributed by atoms with E-state index in [1.165, 1.54) is 66.4 Å². The smallest absolute Gasteiger partial charge is 0.0463 e. The van der Waals surface area contributed by atoms with E-state index >= 15 is 0 Å². The molecule has 210 valence electrons. The molecule has 0 bridgehead atoms. The Morgan fingerprint density at radius 3 is 1.84 bits per heavy atom. The topological polar surface area (TPSA) is 12.0 Å². The summed E-state index contributed by atoms with van der Waals surface area (Å²) in [6.45, 7) is 4.72. The highest BCUT2D eigenvalue weighted by Gasteiger charge is 2.36. The molecule has 0 amide bonds. The van der Waals surface area contributed by atoms with E-state index in [1.807, 2.05) is 0 Å². The first-order valence-electron chi connectivity index (χ1n) is 15.4. The van der Waals surface area contributed by atoms with E-state index in [0.29, 0.717) is 0 Å². The minimum Gasteiger partial charge on any atom is -0.355 e. The average Bonchev–Trinajstić information content (AvgIpc) is 3.30. The molecule has 0 aromatic heterocycles. The molecule has 0 heterocycles. The van der Waals surface area contributed by atoms with Crippen LogP contribution in [0.25, 0.3) is 55.3 Å². The summed E-state index contributed by atoms with van der Waals surface area (Å²) in [5, 5.41) is 6.34. The molecule has 0 saturated carbocycles. The van der Waals surface area contributed by atoms with Gasteiger partial charge in [-0.3, -0.25) is 0 Å². The molecular weight excluding hydrogens is 530 g/mol. The predicted molar refractivity (Wildman–Crippen MR) is 188 cm³/mol. The second kappa shape index (κ2) is 10.4. The lowest BCUT2D eigenvalue weighted by Gasteiger charge is -2.23. The number of nitrogens with one attached hydrogen (secondary N) is 1. The van der Waals surface area contributed by atoms with Gasteiger partial charge in [0.05, 0.1) is 0 Å². The fourth-order valence-electron chi connectivity index (χ4n) is 6.93. The van der Waals surface area contributed by atoms with Crippen LogP contribution in [0, 0.1) is 0 Å². The van der Waals surface area contributed by atoms with Crippen LogP contribution >= 0.6 is 0 Å². The Balaban J connectivity index is 1.12. The summed E-state index contributed by atoms with van der Waals surface area (Å²) in [4.78, 5) is 0. The van der Waals surface area contributed by atoms with Crippen LogP contribution in [0.3, 0.4) is 0 Å². The van der Waals surface area contributed by atoms with Crippen molar-refractivity contribution in [3.8, 4) is 44.5 Å². The number of para-hydroxylation sites is 1. The van der Waals surface area contributed by atoms with Gasteiger partial charge in [0, 0.05) is 22.4 Å². The number of benzene rings is 7. The van der Waals surface area contributed by atoms with Crippen molar-refractivity contribution < 1.29 is 0 Å².